The van der Waals surface area contributed by atoms with Crippen LogP contribution in [0.3, 0.4) is 0 Å². The molecule has 2 aromatic rings. The van der Waals surface area contributed by atoms with Crippen LogP contribution in [0, 0.1) is 19.3 Å². The van der Waals surface area contributed by atoms with Crippen molar-refractivity contribution in [3.8, 4) is 17.2 Å². The number of aromatic nitrogens is 1. The number of rotatable bonds is 4. The number of amides is 1. The smallest absolute Gasteiger partial charge is 0.283 e. The summed E-state index contributed by atoms with van der Waals surface area (Å²) < 4.78 is 13.0. The molecule has 0 atom stereocenters. The Bertz CT molecular complexity index is 1170. The molecule has 1 N–H and O–H groups in total. The number of allylic oxidation sites excluding steroid dienone is 1. The predicted molar refractivity (Wildman–Crippen MR) is 120 cm³/mol. The number of amidine groups is 2. The largest absolute Gasteiger partial charge is 0.497 e. The molecule has 0 unspecified atom stereocenters. The van der Waals surface area contributed by atoms with Gasteiger partial charge >= 0.3 is 0 Å². The van der Waals surface area contributed by atoms with E-state index >= 15 is 0 Å². The molecule has 0 aliphatic carbocycles. The predicted octanol–water partition coefficient (Wildman–Crippen LogP) is 4.28. The van der Waals surface area contributed by atoms with E-state index in [0.29, 0.717) is 10.9 Å². The summed E-state index contributed by atoms with van der Waals surface area (Å²) in [6.45, 7) is 5.89. The van der Waals surface area contributed by atoms with E-state index in [9.17, 15) is 4.79 Å². The van der Waals surface area contributed by atoms with Gasteiger partial charge in [0, 0.05) is 28.6 Å². The zero-order chi connectivity index (χ0) is 21.6. The minimum absolute atomic E-state index is 0.137. The monoisotopic (exact) mass is 422 g/mol. The Morgan fingerprint density at radius 3 is 2.60 bits per heavy atom. The molecule has 3 heterocycles. The number of hydrogen-bond acceptors (Lipinski definition) is 5. The first kappa shape index (κ1) is 20.0. The minimum Gasteiger partial charge on any atom is -0.497 e. The van der Waals surface area contributed by atoms with Crippen LogP contribution in [-0.2, 0) is 4.79 Å². The zero-order valence-electron chi connectivity index (χ0n) is 17.4. The van der Waals surface area contributed by atoms with E-state index in [1.807, 2.05) is 51.2 Å². The van der Waals surface area contributed by atoms with Crippen LogP contribution < -0.4 is 9.47 Å². The first-order chi connectivity index (χ1) is 14.3. The standard InChI is InChI=1S/C22H22N4O3S/c1-12-8-15(9-17-20(23)25-11-13(2)30-22(25)24-21(17)27)14(3)26(12)18-10-16(28-4)6-7-19(18)29-5/h6-11,23H,1-5H3/b17-9-,23-20?. The second-order valence-electron chi connectivity index (χ2n) is 7.02. The number of thioether (sulfide) groups is 1. The zero-order valence-corrected chi connectivity index (χ0v) is 18.3. The van der Waals surface area contributed by atoms with Crippen molar-refractivity contribution < 1.29 is 14.3 Å². The average Bonchev–Trinajstić information content (AvgIpc) is 3.23. The quantitative estimate of drug-likeness (QED) is 0.744. The molecule has 0 fully saturated rings. The number of aryl methyl sites for hydroxylation is 1. The Morgan fingerprint density at radius 2 is 1.90 bits per heavy atom. The van der Waals surface area contributed by atoms with Crippen LogP contribution >= 0.6 is 11.8 Å². The van der Waals surface area contributed by atoms with E-state index in [4.69, 9.17) is 14.9 Å². The molecule has 30 heavy (non-hydrogen) atoms. The molecule has 4 rings (SSSR count). The lowest BCUT2D eigenvalue weighted by Crippen LogP contribution is -2.35. The summed E-state index contributed by atoms with van der Waals surface area (Å²) >= 11 is 1.40. The van der Waals surface area contributed by atoms with Crippen molar-refractivity contribution in [3.63, 3.8) is 0 Å². The first-order valence-electron chi connectivity index (χ1n) is 9.34. The summed E-state index contributed by atoms with van der Waals surface area (Å²) in [5.74, 6) is 1.17. The van der Waals surface area contributed by atoms with Crippen molar-refractivity contribution in [1.82, 2.24) is 9.47 Å². The topological polar surface area (TPSA) is 79.9 Å². The van der Waals surface area contributed by atoms with Crippen molar-refractivity contribution in [2.45, 2.75) is 20.8 Å². The number of nitrogens with one attached hydrogen (secondary N) is 1. The van der Waals surface area contributed by atoms with E-state index in [1.165, 1.54) is 11.8 Å². The van der Waals surface area contributed by atoms with Gasteiger partial charge in [-0.05, 0) is 50.6 Å². The average molecular weight is 423 g/mol. The molecule has 1 amide bonds. The van der Waals surface area contributed by atoms with Gasteiger partial charge in [0.05, 0.1) is 25.5 Å². The molecule has 0 radical (unpaired) electrons. The van der Waals surface area contributed by atoms with Gasteiger partial charge in [0.2, 0.25) is 0 Å². The Kier molecular flexibility index (Phi) is 5.03. The van der Waals surface area contributed by atoms with Gasteiger partial charge < -0.3 is 14.0 Å². The molecule has 0 saturated heterocycles. The Balaban J connectivity index is 1.81. The maximum Gasteiger partial charge on any atom is 0.283 e. The van der Waals surface area contributed by atoms with Crippen LogP contribution in [-0.4, -0.2) is 40.6 Å². The minimum atomic E-state index is -0.398. The molecule has 1 aromatic heterocycles. The summed E-state index contributed by atoms with van der Waals surface area (Å²) in [5, 5.41) is 9.04. The van der Waals surface area contributed by atoms with Gasteiger partial charge in [-0.2, -0.15) is 4.99 Å². The van der Waals surface area contributed by atoms with Crippen LogP contribution in [0.4, 0.5) is 0 Å². The SMILES string of the molecule is COc1ccc(OC)c(-n2c(C)cc(/C=C3/C(=N)N4C=C(C)SC4=NC3=O)c2C)c1. The maximum absolute atomic E-state index is 12.6. The number of aliphatic imine (C=N–C) groups is 1. The molecule has 2 aliphatic rings. The molecular weight excluding hydrogens is 400 g/mol. The third-order valence-electron chi connectivity index (χ3n) is 5.09. The van der Waals surface area contributed by atoms with Gasteiger partial charge in [-0.15, -0.1) is 0 Å². The molecule has 1 aromatic carbocycles. The van der Waals surface area contributed by atoms with Crippen molar-refractivity contribution >= 4 is 34.7 Å². The van der Waals surface area contributed by atoms with E-state index in [0.717, 1.165) is 33.3 Å². The lowest BCUT2D eigenvalue weighted by Gasteiger charge is -2.22. The van der Waals surface area contributed by atoms with Gasteiger partial charge in [-0.25, -0.2) is 0 Å². The number of carbonyl (C=O) groups excluding carboxylic acids is 1. The van der Waals surface area contributed by atoms with Crippen molar-refractivity contribution in [2.24, 2.45) is 4.99 Å². The lowest BCUT2D eigenvalue weighted by molar-refractivity contribution is -0.114. The first-order valence-corrected chi connectivity index (χ1v) is 10.2. The Labute approximate surface area is 179 Å². The second-order valence-corrected chi connectivity index (χ2v) is 8.23. The fourth-order valence-corrected chi connectivity index (χ4v) is 4.45. The summed E-state index contributed by atoms with van der Waals surface area (Å²) in [6, 6.07) is 7.61. The van der Waals surface area contributed by atoms with E-state index in [2.05, 4.69) is 9.56 Å². The second kappa shape index (κ2) is 7.53. The highest BCUT2D eigenvalue weighted by molar-refractivity contribution is 8.17. The van der Waals surface area contributed by atoms with Gasteiger partial charge in [0.25, 0.3) is 5.91 Å². The molecule has 0 saturated carbocycles. The van der Waals surface area contributed by atoms with Gasteiger partial charge in [-0.3, -0.25) is 15.1 Å². The van der Waals surface area contributed by atoms with Gasteiger partial charge in [0.15, 0.2) is 5.17 Å². The molecule has 7 nitrogen and oxygen atoms in total. The molecule has 154 valence electrons. The summed E-state index contributed by atoms with van der Waals surface area (Å²) in [5.41, 5.74) is 3.85. The van der Waals surface area contributed by atoms with Crippen molar-refractivity contribution in [3.05, 3.63) is 57.9 Å². The highest BCUT2D eigenvalue weighted by Gasteiger charge is 2.33. The third-order valence-corrected chi connectivity index (χ3v) is 5.99. The van der Waals surface area contributed by atoms with Gasteiger partial charge in [-0.1, -0.05) is 11.8 Å². The molecule has 0 spiro atoms. The maximum atomic E-state index is 12.6. The van der Waals surface area contributed by atoms with Crippen molar-refractivity contribution in [2.75, 3.05) is 14.2 Å². The van der Waals surface area contributed by atoms with Crippen LogP contribution in [0.25, 0.3) is 11.8 Å². The van der Waals surface area contributed by atoms with Crippen LogP contribution in [0.5, 0.6) is 11.5 Å². The fraction of sp³-hybridized carbons (Fsp3) is 0.227. The Morgan fingerprint density at radius 1 is 1.13 bits per heavy atom. The fourth-order valence-electron chi connectivity index (χ4n) is 3.63. The van der Waals surface area contributed by atoms with E-state index < -0.39 is 5.91 Å². The number of nitrogens with zero attached hydrogens (tertiary/aromatic N) is 3. The molecule has 2 aliphatic heterocycles. The number of ether oxygens (including phenoxy) is 2. The highest BCUT2D eigenvalue weighted by Crippen LogP contribution is 2.34. The number of methoxy groups -OCH3 is 2. The molecular formula is C22H22N4O3S. The number of hydrogen-bond donors (Lipinski definition) is 1. The number of carbonyl (C=O) groups is 1. The summed E-state index contributed by atoms with van der Waals surface area (Å²) in [7, 11) is 3.25. The molecule has 8 heteroatoms. The molecule has 0 bridgehead atoms. The van der Waals surface area contributed by atoms with Crippen LogP contribution in [0.1, 0.15) is 23.9 Å². The van der Waals surface area contributed by atoms with E-state index in [-0.39, 0.29) is 11.4 Å². The lowest BCUT2D eigenvalue weighted by atomic mass is 10.1. The number of fused-ring (bicyclic) bond motifs is 1. The van der Waals surface area contributed by atoms with Crippen LogP contribution in [0.2, 0.25) is 0 Å². The highest BCUT2D eigenvalue weighted by atomic mass is 32.2. The third kappa shape index (κ3) is 3.23. The summed E-state index contributed by atoms with van der Waals surface area (Å²) in [6.07, 6.45) is 3.57. The van der Waals surface area contributed by atoms with Crippen molar-refractivity contribution in [1.29, 1.82) is 5.41 Å². The van der Waals surface area contributed by atoms with Crippen LogP contribution in [0.15, 0.2) is 45.9 Å². The Hall–Kier alpha value is -3.26. The number of benzene rings is 1. The van der Waals surface area contributed by atoms with Gasteiger partial charge in [0.1, 0.15) is 17.3 Å². The van der Waals surface area contributed by atoms with E-state index in [1.54, 1.807) is 25.2 Å². The summed E-state index contributed by atoms with van der Waals surface area (Å²) in [4.78, 5) is 19.4. The normalized spacial score (nSPS) is 17.2.